The van der Waals surface area contributed by atoms with Gasteiger partial charge in [0, 0.05) is 24.7 Å². The number of likely N-dealkylation sites (tertiary alicyclic amines) is 1. The molecule has 1 aliphatic heterocycles. The summed E-state index contributed by atoms with van der Waals surface area (Å²) in [7, 11) is 1.51. The Morgan fingerprint density at radius 2 is 2.03 bits per heavy atom. The number of anilines is 1. The first kappa shape index (κ1) is 22.8. The molecule has 8 nitrogen and oxygen atoms in total. The van der Waals surface area contributed by atoms with E-state index in [2.05, 4.69) is 45.4 Å². The maximum absolute atomic E-state index is 12.7. The normalized spacial score (nSPS) is 18.9. The van der Waals surface area contributed by atoms with E-state index in [0.29, 0.717) is 30.7 Å². The summed E-state index contributed by atoms with van der Waals surface area (Å²) in [4.78, 5) is 27.3. The highest BCUT2D eigenvalue weighted by molar-refractivity contribution is 5.88. The van der Waals surface area contributed by atoms with Crippen molar-refractivity contribution in [3.8, 4) is 17.4 Å². The van der Waals surface area contributed by atoms with Gasteiger partial charge in [-0.3, -0.25) is 15.3 Å². The van der Waals surface area contributed by atoms with Crippen molar-refractivity contribution in [3.05, 3.63) is 71.8 Å². The van der Waals surface area contributed by atoms with Gasteiger partial charge in [-0.2, -0.15) is 4.98 Å². The second kappa shape index (κ2) is 10.1. The summed E-state index contributed by atoms with van der Waals surface area (Å²) in [5.74, 6) is 3.12. The van der Waals surface area contributed by atoms with Crippen LogP contribution in [0, 0.1) is 5.92 Å². The summed E-state index contributed by atoms with van der Waals surface area (Å²) >= 11 is 0. The minimum absolute atomic E-state index is 0.185. The van der Waals surface area contributed by atoms with Gasteiger partial charge in [0.25, 0.3) is 0 Å². The van der Waals surface area contributed by atoms with E-state index in [4.69, 9.17) is 9.47 Å². The van der Waals surface area contributed by atoms with Crippen molar-refractivity contribution in [2.24, 2.45) is 5.92 Å². The number of ether oxygens (including phenoxy) is 2. The first-order chi connectivity index (χ1) is 17.1. The van der Waals surface area contributed by atoms with E-state index >= 15 is 0 Å². The van der Waals surface area contributed by atoms with E-state index in [1.807, 2.05) is 24.3 Å². The monoisotopic (exact) mass is 471 g/mol. The number of nitrogens with one attached hydrogen (secondary N) is 1. The Balaban J connectivity index is 1.20. The lowest BCUT2D eigenvalue weighted by molar-refractivity contribution is 0.197. The summed E-state index contributed by atoms with van der Waals surface area (Å²) in [5.41, 5.74) is 3.54. The number of carbonyl (C=O) groups is 1. The summed E-state index contributed by atoms with van der Waals surface area (Å²) in [6, 6.07) is 11.9. The number of pyridine rings is 1. The quantitative estimate of drug-likeness (QED) is 0.510. The molecule has 0 radical (unpaired) electrons. The summed E-state index contributed by atoms with van der Waals surface area (Å²) in [6.07, 6.45) is 10.3. The number of aromatic nitrogens is 3. The number of piperidine rings is 1. The SMILES string of the molecule is COc1cncc(NC(=O)N2CC/C(=C\c3cccc(Oc4ccc(C5CC5)nc4)c3)C(C)C2)n1. The molecule has 2 aliphatic rings. The molecule has 1 aromatic carbocycles. The second-order valence-corrected chi connectivity index (χ2v) is 9.06. The zero-order valence-corrected chi connectivity index (χ0v) is 20.0. The Morgan fingerprint density at radius 3 is 2.77 bits per heavy atom. The first-order valence-corrected chi connectivity index (χ1v) is 11.9. The fourth-order valence-corrected chi connectivity index (χ4v) is 4.23. The second-order valence-electron chi connectivity index (χ2n) is 9.06. The lowest BCUT2D eigenvalue weighted by atomic mass is 9.91. The number of urea groups is 1. The Kier molecular flexibility index (Phi) is 6.61. The molecule has 1 saturated carbocycles. The number of nitrogens with zero attached hydrogens (tertiary/aromatic N) is 4. The van der Waals surface area contributed by atoms with Crippen molar-refractivity contribution in [2.45, 2.75) is 32.1 Å². The van der Waals surface area contributed by atoms with Gasteiger partial charge in [-0.05, 0) is 55.0 Å². The van der Waals surface area contributed by atoms with Crippen LogP contribution in [0.3, 0.4) is 0 Å². The van der Waals surface area contributed by atoms with Crippen molar-refractivity contribution in [1.82, 2.24) is 19.9 Å². The van der Waals surface area contributed by atoms with E-state index in [-0.39, 0.29) is 11.9 Å². The van der Waals surface area contributed by atoms with Gasteiger partial charge in [0.05, 0.1) is 25.7 Å². The third-order valence-corrected chi connectivity index (χ3v) is 6.34. The molecule has 1 saturated heterocycles. The highest BCUT2D eigenvalue weighted by Gasteiger charge is 2.25. The largest absolute Gasteiger partial charge is 0.480 e. The molecule has 3 heterocycles. The average Bonchev–Trinajstić information content (AvgIpc) is 3.72. The van der Waals surface area contributed by atoms with Gasteiger partial charge < -0.3 is 14.4 Å². The van der Waals surface area contributed by atoms with Gasteiger partial charge in [-0.1, -0.05) is 30.7 Å². The Hall–Kier alpha value is -3.94. The lowest BCUT2D eigenvalue weighted by Crippen LogP contribution is -2.42. The highest BCUT2D eigenvalue weighted by atomic mass is 16.5. The van der Waals surface area contributed by atoms with Crippen molar-refractivity contribution >= 4 is 17.9 Å². The van der Waals surface area contributed by atoms with Crippen LogP contribution < -0.4 is 14.8 Å². The minimum atomic E-state index is -0.185. The van der Waals surface area contributed by atoms with Crippen LogP contribution in [-0.4, -0.2) is 46.1 Å². The molecule has 0 bridgehead atoms. The predicted octanol–water partition coefficient (Wildman–Crippen LogP) is 5.51. The Morgan fingerprint density at radius 1 is 1.14 bits per heavy atom. The molecular formula is C27H29N5O3. The fourth-order valence-electron chi connectivity index (χ4n) is 4.23. The number of benzene rings is 1. The maximum atomic E-state index is 12.7. The lowest BCUT2D eigenvalue weighted by Gasteiger charge is -2.33. The molecule has 1 aliphatic carbocycles. The number of carbonyl (C=O) groups excluding carboxylic acids is 1. The molecule has 8 heteroatoms. The summed E-state index contributed by atoms with van der Waals surface area (Å²) in [6.45, 7) is 3.41. The zero-order valence-electron chi connectivity index (χ0n) is 20.0. The van der Waals surface area contributed by atoms with E-state index in [9.17, 15) is 4.79 Å². The number of rotatable bonds is 6. The smallest absolute Gasteiger partial charge is 0.323 e. The predicted molar refractivity (Wildman–Crippen MR) is 134 cm³/mol. The van der Waals surface area contributed by atoms with Gasteiger partial charge in [0.15, 0.2) is 5.82 Å². The van der Waals surface area contributed by atoms with Crippen LogP contribution in [0.1, 0.15) is 43.4 Å². The summed E-state index contributed by atoms with van der Waals surface area (Å²) in [5, 5.41) is 2.81. The van der Waals surface area contributed by atoms with Crippen LogP contribution in [0.15, 0.2) is 60.6 Å². The number of amides is 2. The topological polar surface area (TPSA) is 89.5 Å². The molecule has 1 unspecified atom stereocenters. The molecule has 2 aromatic heterocycles. The molecule has 1 atom stereocenters. The standard InChI is InChI=1S/C27H29N5O3/c1-18-17-32(27(33)31-25-15-28-16-26(30-25)34-2)11-10-21(18)12-19-4-3-5-22(13-19)35-23-8-9-24(29-14-23)20-6-7-20/h3-5,8-9,12-16,18,20H,6-7,10-11,17H2,1-2H3,(H,30,31,33)/b21-12+. The molecule has 5 rings (SSSR count). The van der Waals surface area contributed by atoms with Gasteiger partial charge in [-0.15, -0.1) is 0 Å². The van der Waals surface area contributed by atoms with Crippen molar-refractivity contribution < 1.29 is 14.3 Å². The van der Waals surface area contributed by atoms with Crippen LogP contribution in [-0.2, 0) is 0 Å². The zero-order chi connectivity index (χ0) is 24.2. The third kappa shape index (κ3) is 5.77. The first-order valence-electron chi connectivity index (χ1n) is 11.9. The van der Waals surface area contributed by atoms with Crippen LogP contribution >= 0.6 is 0 Å². The molecule has 3 aromatic rings. The Bertz CT molecular complexity index is 1220. The van der Waals surface area contributed by atoms with Crippen molar-refractivity contribution in [2.75, 3.05) is 25.5 Å². The average molecular weight is 472 g/mol. The number of hydrogen-bond acceptors (Lipinski definition) is 6. The van der Waals surface area contributed by atoms with Gasteiger partial charge in [-0.25, -0.2) is 4.79 Å². The summed E-state index contributed by atoms with van der Waals surface area (Å²) < 4.78 is 11.1. The van der Waals surface area contributed by atoms with Crippen molar-refractivity contribution in [3.63, 3.8) is 0 Å². The fraction of sp³-hybridized carbons (Fsp3) is 0.333. The maximum Gasteiger partial charge on any atom is 0.323 e. The molecule has 2 fully saturated rings. The Labute approximate surface area is 205 Å². The third-order valence-electron chi connectivity index (χ3n) is 6.34. The van der Waals surface area contributed by atoms with E-state index in [1.54, 1.807) is 11.1 Å². The van der Waals surface area contributed by atoms with Crippen LogP contribution in [0.2, 0.25) is 0 Å². The van der Waals surface area contributed by atoms with Crippen LogP contribution in [0.25, 0.3) is 6.08 Å². The van der Waals surface area contributed by atoms with Gasteiger partial charge in [0.2, 0.25) is 5.88 Å². The van der Waals surface area contributed by atoms with Gasteiger partial charge >= 0.3 is 6.03 Å². The molecular weight excluding hydrogens is 442 g/mol. The van der Waals surface area contributed by atoms with E-state index < -0.39 is 0 Å². The molecule has 35 heavy (non-hydrogen) atoms. The molecule has 0 spiro atoms. The number of methoxy groups -OCH3 is 1. The van der Waals surface area contributed by atoms with Gasteiger partial charge in [0.1, 0.15) is 11.5 Å². The molecule has 2 amide bonds. The minimum Gasteiger partial charge on any atom is -0.480 e. The van der Waals surface area contributed by atoms with Crippen LogP contribution in [0.5, 0.6) is 17.4 Å². The van der Waals surface area contributed by atoms with E-state index in [1.165, 1.54) is 37.9 Å². The highest BCUT2D eigenvalue weighted by Crippen LogP contribution is 2.39. The molecule has 180 valence electrons. The van der Waals surface area contributed by atoms with E-state index in [0.717, 1.165) is 29.2 Å². The molecule has 1 N–H and O–H groups in total. The van der Waals surface area contributed by atoms with Crippen LogP contribution in [0.4, 0.5) is 10.6 Å². The van der Waals surface area contributed by atoms with Crippen molar-refractivity contribution in [1.29, 1.82) is 0 Å². The number of hydrogen-bond donors (Lipinski definition) is 1.